The van der Waals surface area contributed by atoms with Gasteiger partial charge in [-0.25, -0.2) is 4.98 Å². The third-order valence-corrected chi connectivity index (χ3v) is 4.39. The summed E-state index contributed by atoms with van der Waals surface area (Å²) in [4.78, 5) is 16.5. The molecule has 3 rings (SSSR count). The molecule has 0 spiro atoms. The SMILES string of the molecule is Cc1nc(Br)ccc1NC(=O)C1CC2CCC1N2. The second-order valence-corrected chi connectivity index (χ2v) is 5.96. The number of anilines is 1. The number of hydrogen-bond donors (Lipinski definition) is 2. The van der Waals surface area contributed by atoms with Gasteiger partial charge in [0.15, 0.2) is 0 Å². The van der Waals surface area contributed by atoms with E-state index in [-0.39, 0.29) is 11.8 Å². The zero-order chi connectivity index (χ0) is 12.7. The molecule has 0 radical (unpaired) electrons. The number of halogens is 1. The van der Waals surface area contributed by atoms with Crippen LogP contribution in [0.5, 0.6) is 0 Å². The molecular formula is C13H16BrN3O. The Morgan fingerprint density at radius 3 is 2.94 bits per heavy atom. The van der Waals surface area contributed by atoms with E-state index >= 15 is 0 Å². The lowest BCUT2D eigenvalue weighted by Gasteiger charge is -2.19. The van der Waals surface area contributed by atoms with E-state index in [2.05, 4.69) is 31.5 Å². The Morgan fingerprint density at radius 1 is 1.50 bits per heavy atom. The minimum absolute atomic E-state index is 0.117. The molecule has 0 saturated carbocycles. The van der Waals surface area contributed by atoms with E-state index in [9.17, 15) is 4.79 Å². The fourth-order valence-electron chi connectivity index (χ4n) is 3.00. The number of pyridine rings is 1. The molecule has 3 unspecified atom stereocenters. The number of aryl methyl sites for hydroxylation is 1. The quantitative estimate of drug-likeness (QED) is 0.824. The Balaban J connectivity index is 1.71. The van der Waals surface area contributed by atoms with Crippen molar-refractivity contribution >= 4 is 27.5 Å². The van der Waals surface area contributed by atoms with Crippen LogP contribution < -0.4 is 10.6 Å². The van der Waals surface area contributed by atoms with Gasteiger partial charge in [-0.1, -0.05) is 0 Å². The van der Waals surface area contributed by atoms with Crippen molar-refractivity contribution in [3.8, 4) is 0 Å². The minimum atomic E-state index is 0.117. The fraction of sp³-hybridized carbons (Fsp3) is 0.538. The minimum Gasteiger partial charge on any atom is -0.324 e. The van der Waals surface area contributed by atoms with Gasteiger partial charge in [0.1, 0.15) is 4.60 Å². The maximum atomic E-state index is 12.3. The highest BCUT2D eigenvalue weighted by atomic mass is 79.9. The summed E-state index contributed by atoms with van der Waals surface area (Å²) in [6.45, 7) is 1.90. The summed E-state index contributed by atoms with van der Waals surface area (Å²) in [5.41, 5.74) is 1.65. The standard InChI is InChI=1S/C13H16BrN3O/c1-7-10(4-5-12(14)15-7)17-13(18)9-6-8-2-3-11(9)16-8/h4-5,8-9,11,16H,2-3,6H2,1H3,(H,17,18). The van der Waals surface area contributed by atoms with Gasteiger partial charge in [-0.2, -0.15) is 0 Å². The normalized spacial score (nSPS) is 29.6. The van der Waals surface area contributed by atoms with Crippen LogP contribution in [0.4, 0.5) is 5.69 Å². The second kappa shape index (κ2) is 4.63. The number of rotatable bonds is 2. The van der Waals surface area contributed by atoms with Crippen LogP contribution in [-0.2, 0) is 4.79 Å². The van der Waals surface area contributed by atoms with Gasteiger partial charge in [0.25, 0.3) is 0 Å². The molecule has 18 heavy (non-hydrogen) atoms. The van der Waals surface area contributed by atoms with E-state index in [0.29, 0.717) is 12.1 Å². The summed E-state index contributed by atoms with van der Waals surface area (Å²) in [6.07, 6.45) is 3.31. The van der Waals surface area contributed by atoms with Crippen LogP contribution in [0.2, 0.25) is 0 Å². The van der Waals surface area contributed by atoms with Crippen LogP contribution in [0.3, 0.4) is 0 Å². The molecule has 3 heterocycles. The zero-order valence-corrected chi connectivity index (χ0v) is 11.8. The molecule has 1 aromatic rings. The number of nitrogens with zero attached hydrogens (tertiary/aromatic N) is 1. The van der Waals surface area contributed by atoms with Crippen LogP contribution in [0.25, 0.3) is 0 Å². The molecule has 2 bridgehead atoms. The molecule has 2 N–H and O–H groups in total. The summed E-state index contributed by atoms with van der Waals surface area (Å²) in [5.74, 6) is 0.244. The van der Waals surface area contributed by atoms with E-state index in [0.717, 1.165) is 28.8 Å². The molecule has 2 aliphatic rings. The van der Waals surface area contributed by atoms with Crippen molar-refractivity contribution in [1.29, 1.82) is 0 Å². The van der Waals surface area contributed by atoms with Crippen molar-refractivity contribution in [1.82, 2.24) is 10.3 Å². The largest absolute Gasteiger partial charge is 0.324 e. The van der Waals surface area contributed by atoms with Gasteiger partial charge in [-0.3, -0.25) is 4.79 Å². The molecule has 0 aliphatic carbocycles. The van der Waals surface area contributed by atoms with Gasteiger partial charge in [-0.05, 0) is 54.2 Å². The lowest BCUT2D eigenvalue weighted by atomic mass is 9.88. The van der Waals surface area contributed by atoms with Crippen LogP contribution in [0.1, 0.15) is 25.0 Å². The molecule has 5 heteroatoms. The highest BCUT2D eigenvalue weighted by molar-refractivity contribution is 9.10. The van der Waals surface area contributed by atoms with Crippen molar-refractivity contribution in [3.63, 3.8) is 0 Å². The summed E-state index contributed by atoms with van der Waals surface area (Å²) < 4.78 is 0.791. The van der Waals surface area contributed by atoms with Crippen LogP contribution in [0, 0.1) is 12.8 Å². The molecule has 1 amide bonds. The van der Waals surface area contributed by atoms with Gasteiger partial charge < -0.3 is 10.6 Å². The van der Waals surface area contributed by atoms with Crippen LogP contribution in [0.15, 0.2) is 16.7 Å². The van der Waals surface area contributed by atoms with Crippen molar-refractivity contribution in [2.24, 2.45) is 5.92 Å². The van der Waals surface area contributed by atoms with E-state index in [1.165, 1.54) is 6.42 Å². The van der Waals surface area contributed by atoms with Gasteiger partial charge in [0.2, 0.25) is 5.91 Å². The zero-order valence-electron chi connectivity index (χ0n) is 10.2. The Hall–Kier alpha value is -0.940. The Bertz CT molecular complexity index is 491. The van der Waals surface area contributed by atoms with Crippen molar-refractivity contribution in [3.05, 3.63) is 22.4 Å². The third kappa shape index (κ3) is 2.17. The summed E-state index contributed by atoms with van der Waals surface area (Å²) in [6, 6.07) is 4.67. The summed E-state index contributed by atoms with van der Waals surface area (Å²) in [7, 11) is 0. The van der Waals surface area contributed by atoms with Gasteiger partial charge in [0, 0.05) is 12.1 Å². The van der Waals surface area contributed by atoms with E-state index in [1.807, 2.05) is 19.1 Å². The maximum absolute atomic E-state index is 12.3. The van der Waals surface area contributed by atoms with Crippen LogP contribution >= 0.6 is 15.9 Å². The number of nitrogens with one attached hydrogen (secondary N) is 2. The molecule has 3 atom stereocenters. The van der Waals surface area contributed by atoms with E-state index in [4.69, 9.17) is 0 Å². The van der Waals surface area contributed by atoms with Crippen molar-refractivity contribution in [2.45, 2.75) is 38.3 Å². The van der Waals surface area contributed by atoms with Gasteiger partial charge in [0.05, 0.1) is 17.3 Å². The molecule has 2 fully saturated rings. The fourth-order valence-corrected chi connectivity index (χ4v) is 3.40. The molecule has 0 aromatic carbocycles. The number of aromatic nitrogens is 1. The summed E-state index contributed by atoms with van der Waals surface area (Å²) >= 11 is 3.32. The third-order valence-electron chi connectivity index (χ3n) is 3.95. The van der Waals surface area contributed by atoms with Gasteiger partial charge >= 0.3 is 0 Å². The molecular weight excluding hydrogens is 294 g/mol. The van der Waals surface area contributed by atoms with E-state index in [1.54, 1.807) is 0 Å². The number of hydrogen-bond acceptors (Lipinski definition) is 3. The monoisotopic (exact) mass is 309 g/mol. The average molecular weight is 310 g/mol. The molecule has 1 aromatic heterocycles. The Labute approximate surface area is 115 Å². The number of carbonyl (C=O) groups excluding carboxylic acids is 1. The van der Waals surface area contributed by atoms with Gasteiger partial charge in [-0.15, -0.1) is 0 Å². The lowest BCUT2D eigenvalue weighted by Crippen LogP contribution is -2.33. The average Bonchev–Trinajstić information content (AvgIpc) is 2.94. The predicted octanol–water partition coefficient (Wildman–Crippen LogP) is 2.23. The first-order valence-corrected chi connectivity index (χ1v) is 7.13. The maximum Gasteiger partial charge on any atom is 0.229 e. The topological polar surface area (TPSA) is 54.0 Å². The number of carbonyl (C=O) groups is 1. The highest BCUT2D eigenvalue weighted by Crippen LogP contribution is 2.34. The lowest BCUT2D eigenvalue weighted by molar-refractivity contribution is -0.120. The molecule has 96 valence electrons. The Kier molecular flexibility index (Phi) is 3.11. The predicted molar refractivity (Wildman–Crippen MR) is 73.4 cm³/mol. The van der Waals surface area contributed by atoms with Crippen LogP contribution in [-0.4, -0.2) is 23.0 Å². The molecule has 4 nitrogen and oxygen atoms in total. The summed E-state index contributed by atoms with van der Waals surface area (Å²) in [5, 5.41) is 6.49. The highest BCUT2D eigenvalue weighted by Gasteiger charge is 2.42. The van der Waals surface area contributed by atoms with E-state index < -0.39 is 0 Å². The van der Waals surface area contributed by atoms with Crippen molar-refractivity contribution < 1.29 is 4.79 Å². The first kappa shape index (κ1) is 12.1. The molecule has 2 aliphatic heterocycles. The molecule has 2 saturated heterocycles. The Morgan fingerprint density at radius 2 is 2.33 bits per heavy atom. The second-order valence-electron chi connectivity index (χ2n) is 5.15. The number of amides is 1. The number of fused-ring (bicyclic) bond motifs is 2. The van der Waals surface area contributed by atoms with Crippen molar-refractivity contribution in [2.75, 3.05) is 5.32 Å². The first-order chi connectivity index (χ1) is 8.63. The first-order valence-electron chi connectivity index (χ1n) is 6.33. The smallest absolute Gasteiger partial charge is 0.229 e.